The van der Waals surface area contributed by atoms with Crippen LogP contribution in [-0.4, -0.2) is 49.6 Å². The summed E-state index contributed by atoms with van der Waals surface area (Å²) < 4.78 is 14.7. The smallest absolute Gasteiger partial charge is 0.407 e. The number of cyclic esters (lactones) is 1. The van der Waals surface area contributed by atoms with Crippen molar-refractivity contribution in [2.45, 2.75) is 51.4 Å². The van der Waals surface area contributed by atoms with Crippen molar-refractivity contribution in [1.82, 2.24) is 10.6 Å². The first kappa shape index (κ1) is 17.1. The van der Waals surface area contributed by atoms with Gasteiger partial charge in [0.1, 0.15) is 11.7 Å². The fourth-order valence-corrected chi connectivity index (χ4v) is 1.83. The molecule has 1 heterocycles. The molecule has 1 aliphatic rings. The topological polar surface area (TPSA) is 103 Å². The predicted molar refractivity (Wildman–Crippen MR) is 72.7 cm³/mol. The number of hydrogen-bond donors (Lipinski definition) is 2. The van der Waals surface area contributed by atoms with E-state index >= 15 is 0 Å². The number of esters is 1. The predicted octanol–water partition coefficient (Wildman–Crippen LogP) is 0.941. The number of carbonyl (C=O) groups is 3. The van der Waals surface area contributed by atoms with Gasteiger partial charge in [0.15, 0.2) is 0 Å². The zero-order valence-electron chi connectivity index (χ0n) is 12.7. The van der Waals surface area contributed by atoms with Gasteiger partial charge in [0.25, 0.3) is 0 Å². The summed E-state index contributed by atoms with van der Waals surface area (Å²) in [5.74, 6) is -0.434. The summed E-state index contributed by atoms with van der Waals surface area (Å²) in [5, 5.41) is 5.11. The lowest BCUT2D eigenvalue weighted by Gasteiger charge is -2.20. The van der Waals surface area contributed by atoms with Crippen LogP contribution in [0.5, 0.6) is 0 Å². The SMILES string of the molecule is COC(=O)C[C@H]1NC(=O)O[C@@H]1CCNC(=O)OC(C)(C)C. The lowest BCUT2D eigenvalue weighted by molar-refractivity contribution is -0.141. The number of hydrogen-bond acceptors (Lipinski definition) is 6. The van der Waals surface area contributed by atoms with Crippen LogP contribution in [0.2, 0.25) is 0 Å². The van der Waals surface area contributed by atoms with Gasteiger partial charge >= 0.3 is 18.2 Å². The van der Waals surface area contributed by atoms with Gasteiger partial charge < -0.3 is 24.8 Å². The fraction of sp³-hybridized carbons (Fsp3) is 0.769. The van der Waals surface area contributed by atoms with Crippen molar-refractivity contribution >= 4 is 18.2 Å². The summed E-state index contributed by atoms with van der Waals surface area (Å²) >= 11 is 0. The molecule has 8 heteroatoms. The monoisotopic (exact) mass is 302 g/mol. The highest BCUT2D eigenvalue weighted by molar-refractivity contribution is 5.74. The number of ether oxygens (including phenoxy) is 3. The van der Waals surface area contributed by atoms with Gasteiger partial charge in [-0.05, 0) is 20.8 Å². The molecule has 8 nitrogen and oxygen atoms in total. The van der Waals surface area contributed by atoms with E-state index in [-0.39, 0.29) is 13.0 Å². The molecule has 0 saturated carbocycles. The van der Waals surface area contributed by atoms with Crippen molar-refractivity contribution in [2.24, 2.45) is 0 Å². The van der Waals surface area contributed by atoms with E-state index in [0.29, 0.717) is 6.42 Å². The summed E-state index contributed by atoms with van der Waals surface area (Å²) in [6.07, 6.45) is -1.21. The third kappa shape index (κ3) is 6.33. The quantitative estimate of drug-likeness (QED) is 0.579. The van der Waals surface area contributed by atoms with Gasteiger partial charge in [-0.3, -0.25) is 4.79 Å². The van der Waals surface area contributed by atoms with Crippen molar-refractivity contribution in [3.05, 3.63) is 0 Å². The van der Waals surface area contributed by atoms with Gasteiger partial charge in [-0.15, -0.1) is 0 Å². The summed E-state index contributed by atoms with van der Waals surface area (Å²) in [5.41, 5.74) is -0.571. The molecule has 120 valence electrons. The van der Waals surface area contributed by atoms with Crippen molar-refractivity contribution < 1.29 is 28.6 Å². The lowest BCUT2D eigenvalue weighted by Crippen LogP contribution is -2.38. The van der Waals surface area contributed by atoms with E-state index in [1.807, 2.05) is 0 Å². The molecule has 1 fully saturated rings. The van der Waals surface area contributed by atoms with E-state index < -0.39 is 35.9 Å². The van der Waals surface area contributed by atoms with Gasteiger partial charge in [-0.1, -0.05) is 0 Å². The largest absolute Gasteiger partial charge is 0.469 e. The summed E-state index contributed by atoms with van der Waals surface area (Å²) in [6.45, 7) is 5.57. The van der Waals surface area contributed by atoms with Crippen LogP contribution in [0.15, 0.2) is 0 Å². The van der Waals surface area contributed by atoms with Crippen LogP contribution in [0, 0.1) is 0 Å². The molecular weight excluding hydrogens is 280 g/mol. The molecule has 0 aliphatic carbocycles. The number of methoxy groups -OCH3 is 1. The van der Waals surface area contributed by atoms with Gasteiger partial charge in [0, 0.05) is 13.0 Å². The highest BCUT2D eigenvalue weighted by atomic mass is 16.6. The molecule has 0 aromatic rings. The zero-order valence-corrected chi connectivity index (χ0v) is 12.7. The Morgan fingerprint density at radius 3 is 2.62 bits per heavy atom. The molecule has 1 aliphatic heterocycles. The Kier molecular flexibility index (Phi) is 5.80. The van der Waals surface area contributed by atoms with Crippen LogP contribution in [0.4, 0.5) is 9.59 Å². The Bertz CT molecular complexity index is 404. The molecule has 2 amide bonds. The van der Waals surface area contributed by atoms with Crippen LogP contribution in [0.25, 0.3) is 0 Å². The average Bonchev–Trinajstić information content (AvgIpc) is 2.67. The minimum absolute atomic E-state index is 0.0271. The standard InChI is InChI=1S/C13H22N2O6/c1-13(2,3)21-11(17)14-6-5-9-8(7-10(16)19-4)15-12(18)20-9/h8-9H,5-7H2,1-4H3,(H,14,17)(H,15,18)/t8-,9-/m1/s1. The Morgan fingerprint density at radius 1 is 1.38 bits per heavy atom. The normalized spacial score (nSPS) is 21.2. The molecule has 0 aromatic heterocycles. The van der Waals surface area contributed by atoms with E-state index in [9.17, 15) is 14.4 Å². The van der Waals surface area contributed by atoms with Crippen LogP contribution in [0.3, 0.4) is 0 Å². The maximum Gasteiger partial charge on any atom is 0.407 e. The van der Waals surface area contributed by atoms with E-state index in [1.165, 1.54) is 7.11 Å². The molecule has 0 spiro atoms. The molecule has 0 unspecified atom stereocenters. The minimum Gasteiger partial charge on any atom is -0.469 e. The minimum atomic E-state index is -0.578. The number of alkyl carbamates (subject to hydrolysis) is 2. The summed E-state index contributed by atoms with van der Waals surface area (Å²) in [6, 6.07) is -0.453. The molecule has 0 radical (unpaired) electrons. The van der Waals surface area contributed by atoms with E-state index in [1.54, 1.807) is 20.8 Å². The van der Waals surface area contributed by atoms with Gasteiger partial charge in [0.05, 0.1) is 19.6 Å². The van der Waals surface area contributed by atoms with Gasteiger partial charge in [-0.25, -0.2) is 9.59 Å². The Balaban J connectivity index is 2.37. The van der Waals surface area contributed by atoms with Crippen LogP contribution >= 0.6 is 0 Å². The molecule has 21 heavy (non-hydrogen) atoms. The number of rotatable bonds is 5. The van der Waals surface area contributed by atoms with Gasteiger partial charge in [0.2, 0.25) is 0 Å². The van der Waals surface area contributed by atoms with E-state index in [2.05, 4.69) is 15.4 Å². The van der Waals surface area contributed by atoms with Crippen LogP contribution < -0.4 is 10.6 Å². The molecular formula is C13H22N2O6. The first-order valence-electron chi connectivity index (χ1n) is 6.72. The summed E-state index contributed by atoms with van der Waals surface area (Å²) in [7, 11) is 1.28. The first-order valence-corrected chi connectivity index (χ1v) is 6.72. The summed E-state index contributed by atoms with van der Waals surface area (Å²) in [4.78, 5) is 33.9. The molecule has 0 bridgehead atoms. The van der Waals surface area contributed by atoms with Crippen LogP contribution in [0.1, 0.15) is 33.6 Å². The Labute approximate surface area is 123 Å². The van der Waals surface area contributed by atoms with Crippen molar-refractivity contribution in [3.63, 3.8) is 0 Å². The molecule has 2 N–H and O–H groups in total. The van der Waals surface area contributed by atoms with E-state index in [0.717, 1.165) is 0 Å². The third-order valence-electron chi connectivity index (χ3n) is 2.72. The molecule has 2 atom stereocenters. The molecule has 0 aromatic carbocycles. The van der Waals surface area contributed by atoms with Crippen molar-refractivity contribution in [2.75, 3.05) is 13.7 Å². The average molecular weight is 302 g/mol. The lowest BCUT2D eigenvalue weighted by atomic mass is 10.1. The second kappa shape index (κ2) is 7.14. The Hall–Kier alpha value is -1.99. The van der Waals surface area contributed by atoms with Crippen molar-refractivity contribution in [1.29, 1.82) is 0 Å². The molecule has 1 saturated heterocycles. The second-order valence-electron chi connectivity index (χ2n) is 5.69. The first-order chi connectivity index (χ1) is 9.71. The third-order valence-corrected chi connectivity index (χ3v) is 2.72. The number of nitrogens with one attached hydrogen (secondary N) is 2. The van der Waals surface area contributed by atoms with Gasteiger partial charge in [-0.2, -0.15) is 0 Å². The number of amides is 2. The fourth-order valence-electron chi connectivity index (χ4n) is 1.83. The van der Waals surface area contributed by atoms with E-state index in [4.69, 9.17) is 9.47 Å². The molecule has 1 rings (SSSR count). The van der Waals surface area contributed by atoms with Crippen molar-refractivity contribution in [3.8, 4) is 0 Å². The van der Waals surface area contributed by atoms with Crippen LogP contribution in [-0.2, 0) is 19.0 Å². The highest BCUT2D eigenvalue weighted by Crippen LogP contribution is 2.15. The zero-order chi connectivity index (χ0) is 16.0. The highest BCUT2D eigenvalue weighted by Gasteiger charge is 2.35. The second-order valence-corrected chi connectivity index (χ2v) is 5.69. The maximum absolute atomic E-state index is 11.5. The maximum atomic E-state index is 11.5. The number of carbonyl (C=O) groups excluding carboxylic acids is 3. The Morgan fingerprint density at radius 2 is 2.05 bits per heavy atom.